The lowest BCUT2D eigenvalue weighted by Crippen LogP contribution is -1.85. The molecule has 0 aliphatic rings. The standard InChI is InChI=1S/C12H8F2O2/c13-9-3-1-7(5-10(9)14)8-2-4-11(15)12(16)6-8/h1-6,15-16H. The van der Waals surface area contributed by atoms with Crippen LogP contribution in [0.1, 0.15) is 0 Å². The van der Waals surface area contributed by atoms with Gasteiger partial charge in [0.05, 0.1) is 0 Å². The molecule has 0 fully saturated rings. The molecule has 2 nitrogen and oxygen atoms in total. The number of rotatable bonds is 1. The van der Waals surface area contributed by atoms with Crippen molar-refractivity contribution in [3.63, 3.8) is 0 Å². The second-order valence-electron chi connectivity index (χ2n) is 3.33. The van der Waals surface area contributed by atoms with Crippen LogP contribution in [0.15, 0.2) is 36.4 Å². The summed E-state index contributed by atoms with van der Waals surface area (Å²) in [5, 5.41) is 18.4. The summed E-state index contributed by atoms with van der Waals surface area (Å²) in [6, 6.07) is 7.50. The number of phenols is 2. The van der Waals surface area contributed by atoms with Gasteiger partial charge in [-0.25, -0.2) is 8.78 Å². The Hall–Kier alpha value is -2.10. The third-order valence-corrected chi connectivity index (χ3v) is 2.23. The fourth-order valence-corrected chi connectivity index (χ4v) is 1.38. The second-order valence-corrected chi connectivity index (χ2v) is 3.33. The molecular weight excluding hydrogens is 214 g/mol. The molecular formula is C12H8F2O2. The van der Waals surface area contributed by atoms with Crippen molar-refractivity contribution in [3.05, 3.63) is 48.0 Å². The molecule has 0 heterocycles. The van der Waals surface area contributed by atoms with Gasteiger partial charge in [-0.2, -0.15) is 0 Å². The van der Waals surface area contributed by atoms with E-state index >= 15 is 0 Å². The Kier molecular flexibility index (Phi) is 2.48. The highest BCUT2D eigenvalue weighted by atomic mass is 19.2. The van der Waals surface area contributed by atoms with Gasteiger partial charge < -0.3 is 10.2 Å². The smallest absolute Gasteiger partial charge is 0.159 e. The van der Waals surface area contributed by atoms with Gasteiger partial charge in [0.2, 0.25) is 0 Å². The average Bonchev–Trinajstić information content (AvgIpc) is 2.26. The lowest BCUT2D eigenvalue weighted by atomic mass is 10.1. The minimum atomic E-state index is -0.954. The topological polar surface area (TPSA) is 40.5 Å². The number of hydrogen-bond donors (Lipinski definition) is 2. The van der Waals surface area contributed by atoms with Gasteiger partial charge in [0, 0.05) is 0 Å². The SMILES string of the molecule is Oc1ccc(-c2ccc(F)c(F)c2)cc1O. The summed E-state index contributed by atoms with van der Waals surface area (Å²) in [7, 11) is 0. The lowest BCUT2D eigenvalue weighted by Gasteiger charge is -2.04. The van der Waals surface area contributed by atoms with Crippen LogP contribution in [0.2, 0.25) is 0 Å². The van der Waals surface area contributed by atoms with Crippen LogP contribution >= 0.6 is 0 Å². The summed E-state index contributed by atoms with van der Waals surface area (Å²) < 4.78 is 25.7. The van der Waals surface area contributed by atoms with E-state index in [4.69, 9.17) is 5.11 Å². The van der Waals surface area contributed by atoms with Crippen LogP contribution < -0.4 is 0 Å². The molecule has 4 heteroatoms. The summed E-state index contributed by atoms with van der Waals surface area (Å²) in [6.07, 6.45) is 0. The Balaban J connectivity index is 2.50. The average molecular weight is 222 g/mol. The van der Waals surface area contributed by atoms with Gasteiger partial charge in [-0.15, -0.1) is 0 Å². The number of aromatic hydroxyl groups is 2. The molecule has 0 spiro atoms. The molecule has 0 aliphatic carbocycles. The first-order valence-electron chi connectivity index (χ1n) is 4.55. The first-order chi connectivity index (χ1) is 7.58. The fraction of sp³-hybridized carbons (Fsp3) is 0. The predicted octanol–water partition coefficient (Wildman–Crippen LogP) is 3.04. The molecule has 16 heavy (non-hydrogen) atoms. The van der Waals surface area contributed by atoms with Crippen LogP contribution in [0.25, 0.3) is 11.1 Å². The van der Waals surface area contributed by atoms with Crippen LogP contribution in [0.3, 0.4) is 0 Å². The summed E-state index contributed by atoms with van der Waals surface area (Å²) in [5.74, 6) is -2.44. The molecule has 0 aliphatic heterocycles. The second kappa shape index (κ2) is 3.81. The van der Waals surface area contributed by atoms with Crippen molar-refractivity contribution >= 4 is 0 Å². The van der Waals surface area contributed by atoms with Gasteiger partial charge in [0.1, 0.15) is 0 Å². The highest BCUT2D eigenvalue weighted by molar-refractivity contribution is 5.66. The van der Waals surface area contributed by atoms with Crippen LogP contribution in [-0.4, -0.2) is 10.2 Å². The van der Waals surface area contributed by atoms with Crippen molar-refractivity contribution in [1.29, 1.82) is 0 Å². The first kappa shape index (κ1) is 10.4. The maximum absolute atomic E-state index is 13.0. The van der Waals surface area contributed by atoms with E-state index in [9.17, 15) is 13.9 Å². The normalized spacial score (nSPS) is 10.4. The van der Waals surface area contributed by atoms with Crippen molar-refractivity contribution in [1.82, 2.24) is 0 Å². The Morgan fingerprint density at radius 3 is 1.94 bits per heavy atom. The molecule has 0 unspecified atom stereocenters. The highest BCUT2D eigenvalue weighted by Gasteiger charge is 2.06. The van der Waals surface area contributed by atoms with Crippen LogP contribution in [0.5, 0.6) is 11.5 Å². The van der Waals surface area contributed by atoms with Gasteiger partial charge in [0.15, 0.2) is 23.1 Å². The van der Waals surface area contributed by atoms with Gasteiger partial charge >= 0.3 is 0 Å². The van der Waals surface area contributed by atoms with Crippen LogP contribution in [0.4, 0.5) is 8.78 Å². The summed E-state index contributed by atoms with van der Waals surface area (Å²) >= 11 is 0. The van der Waals surface area contributed by atoms with Crippen LogP contribution in [-0.2, 0) is 0 Å². The van der Waals surface area contributed by atoms with Crippen molar-refractivity contribution in [3.8, 4) is 22.6 Å². The molecule has 0 aromatic heterocycles. The van der Waals surface area contributed by atoms with E-state index in [1.807, 2.05) is 0 Å². The van der Waals surface area contributed by atoms with Gasteiger partial charge in [-0.1, -0.05) is 12.1 Å². The zero-order chi connectivity index (χ0) is 11.7. The van der Waals surface area contributed by atoms with Crippen molar-refractivity contribution in [2.24, 2.45) is 0 Å². The number of halogens is 2. The monoisotopic (exact) mass is 222 g/mol. The van der Waals surface area contributed by atoms with Crippen molar-refractivity contribution in [2.75, 3.05) is 0 Å². The molecule has 2 aromatic carbocycles. The maximum atomic E-state index is 13.0. The summed E-state index contributed by atoms with van der Waals surface area (Å²) in [5.41, 5.74) is 0.920. The molecule has 2 N–H and O–H groups in total. The van der Waals surface area contributed by atoms with E-state index in [2.05, 4.69) is 0 Å². The van der Waals surface area contributed by atoms with Crippen molar-refractivity contribution in [2.45, 2.75) is 0 Å². The molecule has 0 saturated carbocycles. The van der Waals surface area contributed by atoms with E-state index < -0.39 is 11.6 Å². The highest BCUT2D eigenvalue weighted by Crippen LogP contribution is 2.30. The van der Waals surface area contributed by atoms with Crippen LogP contribution in [0, 0.1) is 11.6 Å². The third-order valence-electron chi connectivity index (χ3n) is 2.23. The first-order valence-corrected chi connectivity index (χ1v) is 4.55. The molecule has 2 aromatic rings. The Morgan fingerprint density at radius 1 is 0.688 bits per heavy atom. The van der Waals surface area contributed by atoms with E-state index in [1.165, 1.54) is 24.3 Å². The molecule has 0 saturated heterocycles. The molecule has 82 valence electrons. The number of phenolic OH excluding ortho intramolecular Hbond substituents is 2. The summed E-state index contributed by atoms with van der Waals surface area (Å²) in [4.78, 5) is 0. The molecule has 0 radical (unpaired) electrons. The van der Waals surface area contributed by atoms with Crippen molar-refractivity contribution < 1.29 is 19.0 Å². The minimum absolute atomic E-state index is 0.258. The van der Waals surface area contributed by atoms with E-state index in [0.717, 1.165) is 12.1 Å². The largest absolute Gasteiger partial charge is 0.504 e. The quantitative estimate of drug-likeness (QED) is 0.728. The zero-order valence-corrected chi connectivity index (χ0v) is 8.11. The Labute approximate surface area is 90.4 Å². The third kappa shape index (κ3) is 1.82. The van der Waals surface area contributed by atoms with E-state index in [1.54, 1.807) is 0 Å². The number of hydrogen-bond acceptors (Lipinski definition) is 2. The maximum Gasteiger partial charge on any atom is 0.159 e. The van der Waals surface area contributed by atoms with Gasteiger partial charge in [-0.05, 0) is 35.4 Å². The Bertz CT molecular complexity index is 489. The zero-order valence-electron chi connectivity index (χ0n) is 8.11. The van der Waals surface area contributed by atoms with Gasteiger partial charge in [0.25, 0.3) is 0 Å². The molecule has 0 atom stereocenters. The number of benzene rings is 2. The summed E-state index contributed by atoms with van der Waals surface area (Å²) in [6.45, 7) is 0. The Morgan fingerprint density at radius 2 is 1.31 bits per heavy atom. The fourth-order valence-electron chi connectivity index (χ4n) is 1.38. The molecule has 2 rings (SSSR count). The minimum Gasteiger partial charge on any atom is -0.504 e. The lowest BCUT2D eigenvalue weighted by molar-refractivity contribution is 0.404. The molecule has 0 bridgehead atoms. The molecule has 0 amide bonds. The van der Waals surface area contributed by atoms with E-state index in [-0.39, 0.29) is 11.5 Å². The predicted molar refractivity (Wildman–Crippen MR) is 55.1 cm³/mol. The van der Waals surface area contributed by atoms with Gasteiger partial charge in [-0.3, -0.25) is 0 Å². The van der Waals surface area contributed by atoms with E-state index in [0.29, 0.717) is 11.1 Å².